The van der Waals surface area contributed by atoms with Crippen molar-refractivity contribution >= 4 is 40.9 Å². The van der Waals surface area contributed by atoms with E-state index in [0.717, 1.165) is 5.69 Å². The summed E-state index contributed by atoms with van der Waals surface area (Å²) < 4.78 is 5.06. The number of nitrogens with zero attached hydrogens (tertiary/aromatic N) is 3. The third-order valence-electron chi connectivity index (χ3n) is 5.17. The molecular weight excluding hydrogens is 460 g/mol. The zero-order valence-electron chi connectivity index (χ0n) is 20.7. The summed E-state index contributed by atoms with van der Waals surface area (Å²) in [4.78, 5) is 42.7. The molecule has 1 aliphatic heterocycles. The van der Waals surface area contributed by atoms with Crippen molar-refractivity contribution < 1.29 is 19.1 Å². The second-order valence-corrected chi connectivity index (χ2v) is 9.22. The molecule has 1 fully saturated rings. The predicted molar refractivity (Wildman–Crippen MR) is 135 cm³/mol. The molecule has 0 unspecified atom stereocenters. The molecule has 0 radical (unpaired) electrons. The maximum atomic E-state index is 12.7. The van der Waals surface area contributed by atoms with Crippen LogP contribution in [0.15, 0.2) is 18.2 Å². The lowest BCUT2D eigenvalue weighted by Crippen LogP contribution is -2.52. The quantitative estimate of drug-likeness (QED) is 0.487. The predicted octanol–water partition coefficient (Wildman–Crippen LogP) is 2.58. The smallest absolute Gasteiger partial charge is 0.318 e. The number of amides is 5. The molecule has 190 valence electrons. The number of methoxy groups -OCH3 is 1. The first-order valence-corrected chi connectivity index (χ1v) is 11.9. The van der Waals surface area contributed by atoms with Gasteiger partial charge in [0.15, 0.2) is 0 Å². The second kappa shape index (κ2) is 13.2. The van der Waals surface area contributed by atoms with E-state index in [9.17, 15) is 14.4 Å². The number of nitrogens with one attached hydrogen (secondary N) is 3. The van der Waals surface area contributed by atoms with Crippen molar-refractivity contribution in [2.45, 2.75) is 39.8 Å². The molecule has 0 saturated carbocycles. The molecule has 1 aromatic rings. The maximum absolute atomic E-state index is 12.7. The molecule has 5 amide bonds. The Morgan fingerprint density at radius 2 is 1.71 bits per heavy atom. The van der Waals surface area contributed by atoms with Crippen molar-refractivity contribution in [1.82, 2.24) is 20.4 Å². The van der Waals surface area contributed by atoms with Gasteiger partial charge in [0, 0.05) is 57.6 Å². The van der Waals surface area contributed by atoms with Gasteiger partial charge in [-0.1, -0.05) is 11.6 Å². The molecule has 0 atom stereocenters. The van der Waals surface area contributed by atoms with Crippen molar-refractivity contribution in [3.8, 4) is 0 Å². The van der Waals surface area contributed by atoms with E-state index in [4.69, 9.17) is 16.3 Å². The molecule has 1 saturated heterocycles. The lowest BCUT2D eigenvalue weighted by Gasteiger charge is -2.36. The fraction of sp³-hybridized carbons (Fsp3) is 0.609. The first kappa shape index (κ1) is 27.5. The first-order chi connectivity index (χ1) is 16.1. The monoisotopic (exact) mass is 496 g/mol. The Morgan fingerprint density at radius 1 is 1.06 bits per heavy atom. The van der Waals surface area contributed by atoms with Gasteiger partial charge in [0.25, 0.3) is 0 Å². The number of anilines is 2. The number of rotatable bonds is 9. The van der Waals surface area contributed by atoms with Crippen LogP contribution in [-0.4, -0.2) is 92.8 Å². The maximum Gasteiger partial charge on any atom is 0.318 e. The van der Waals surface area contributed by atoms with Gasteiger partial charge in [-0.2, -0.15) is 0 Å². The number of carbonyl (C=O) groups excluding carboxylic acids is 3. The SMILES string of the molecule is COCCN(CC(=O)Nc1cc(N2CCN(C(=O)NC(C)C)CC2)ccc1Cl)C(=O)NC(C)C. The van der Waals surface area contributed by atoms with Crippen LogP contribution in [0.2, 0.25) is 5.02 Å². The van der Waals surface area contributed by atoms with Crippen LogP contribution in [0, 0.1) is 0 Å². The highest BCUT2D eigenvalue weighted by Gasteiger charge is 2.23. The number of benzene rings is 1. The fourth-order valence-electron chi connectivity index (χ4n) is 3.47. The summed E-state index contributed by atoms with van der Waals surface area (Å²) in [6.45, 7) is 10.6. The lowest BCUT2D eigenvalue weighted by molar-refractivity contribution is -0.116. The van der Waals surface area contributed by atoms with Crippen molar-refractivity contribution in [3.05, 3.63) is 23.2 Å². The average Bonchev–Trinajstić information content (AvgIpc) is 2.77. The Balaban J connectivity index is 2.01. The van der Waals surface area contributed by atoms with Gasteiger partial charge >= 0.3 is 12.1 Å². The molecule has 11 heteroatoms. The Morgan fingerprint density at radius 3 is 2.29 bits per heavy atom. The second-order valence-electron chi connectivity index (χ2n) is 8.81. The minimum Gasteiger partial charge on any atom is -0.383 e. The standard InChI is InChI=1S/C23H37ClN6O4/c1-16(2)25-22(32)29-10-8-28(9-11-29)18-6-7-19(24)20(14-18)27-21(31)15-30(12-13-34-5)23(33)26-17(3)4/h6-7,14,16-17H,8-13,15H2,1-5H3,(H,25,32)(H,26,33)(H,27,31). The highest BCUT2D eigenvalue weighted by atomic mass is 35.5. The molecule has 0 bridgehead atoms. The number of carbonyl (C=O) groups is 3. The number of hydrogen-bond acceptors (Lipinski definition) is 5. The zero-order valence-corrected chi connectivity index (χ0v) is 21.4. The summed E-state index contributed by atoms with van der Waals surface area (Å²) in [5.74, 6) is -0.357. The van der Waals surface area contributed by atoms with Crippen LogP contribution in [0.1, 0.15) is 27.7 Å². The van der Waals surface area contributed by atoms with E-state index in [0.29, 0.717) is 43.5 Å². The van der Waals surface area contributed by atoms with Crippen LogP contribution in [0.25, 0.3) is 0 Å². The molecule has 1 aromatic carbocycles. The van der Waals surface area contributed by atoms with Crippen molar-refractivity contribution in [2.24, 2.45) is 0 Å². The van der Waals surface area contributed by atoms with Gasteiger partial charge in [0.1, 0.15) is 6.54 Å². The van der Waals surface area contributed by atoms with Crippen molar-refractivity contribution in [2.75, 3.05) is 63.2 Å². The first-order valence-electron chi connectivity index (χ1n) is 11.5. The molecule has 2 rings (SSSR count). The van der Waals surface area contributed by atoms with Gasteiger partial charge in [-0.15, -0.1) is 0 Å². The van der Waals surface area contributed by atoms with E-state index >= 15 is 0 Å². The molecule has 0 aromatic heterocycles. The van der Waals surface area contributed by atoms with Crippen LogP contribution in [0.5, 0.6) is 0 Å². The third-order valence-corrected chi connectivity index (χ3v) is 5.50. The van der Waals surface area contributed by atoms with Crippen molar-refractivity contribution in [3.63, 3.8) is 0 Å². The molecular formula is C23H37ClN6O4. The number of piperazine rings is 1. The van der Waals surface area contributed by atoms with E-state index in [1.165, 1.54) is 4.90 Å². The molecule has 1 heterocycles. The Labute approximate surface area is 206 Å². The number of ether oxygens (including phenoxy) is 1. The van der Waals surface area contributed by atoms with Crippen LogP contribution >= 0.6 is 11.6 Å². The largest absolute Gasteiger partial charge is 0.383 e. The molecule has 0 aliphatic carbocycles. The van der Waals surface area contributed by atoms with E-state index in [1.807, 2.05) is 39.8 Å². The van der Waals surface area contributed by atoms with E-state index in [-0.39, 0.29) is 43.1 Å². The highest BCUT2D eigenvalue weighted by molar-refractivity contribution is 6.33. The van der Waals surface area contributed by atoms with Crippen LogP contribution in [0.3, 0.4) is 0 Å². The topological polar surface area (TPSA) is 106 Å². The summed E-state index contributed by atoms with van der Waals surface area (Å²) in [6, 6.07) is 5.09. The van der Waals surface area contributed by atoms with Crippen molar-refractivity contribution in [1.29, 1.82) is 0 Å². The molecule has 1 aliphatic rings. The molecule has 3 N–H and O–H groups in total. The third kappa shape index (κ3) is 8.57. The van der Waals surface area contributed by atoms with Gasteiger partial charge in [-0.05, 0) is 45.9 Å². The Bertz CT molecular complexity index is 843. The summed E-state index contributed by atoms with van der Waals surface area (Å²) >= 11 is 6.34. The Hall–Kier alpha value is -2.72. The minimum absolute atomic E-state index is 0.0522. The van der Waals surface area contributed by atoms with Gasteiger partial charge in [0.2, 0.25) is 5.91 Å². The Kier molecular flexibility index (Phi) is 10.7. The van der Waals surface area contributed by atoms with Gasteiger partial charge in [-0.3, -0.25) is 4.79 Å². The van der Waals surface area contributed by atoms with Gasteiger partial charge in [0.05, 0.1) is 17.3 Å². The molecule has 10 nitrogen and oxygen atoms in total. The summed E-state index contributed by atoms with van der Waals surface area (Å²) in [7, 11) is 1.54. The van der Waals surface area contributed by atoms with Gasteiger partial charge < -0.3 is 35.4 Å². The normalized spacial score (nSPS) is 13.8. The zero-order chi connectivity index (χ0) is 25.3. The fourth-order valence-corrected chi connectivity index (χ4v) is 3.63. The number of halogens is 1. The number of hydrogen-bond donors (Lipinski definition) is 3. The molecule has 34 heavy (non-hydrogen) atoms. The minimum atomic E-state index is -0.357. The van der Waals surface area contributed by atoms with E-state index in [1.54, 1.807) is 18.1 Å². The molecule has 0 spiro atoms. The number of urea groups is 2. The van der Waals surface area contributed by atoms with Gasteiger partial charge in [-0.25, -0.2) is 9.59 Å². The summed E-state index contributed by atoms with van der Waals surface area (Å²) in [5, 5.41) is 8.93. The summed E-state index contributed by atoms with van der Waals surface area (Å²) in [5.41, 5.74) is 1.37. The summed E-state index contributed by atoms with van der Waals surface area (Å²) in [6.07, 6.45) is 0. The average molecular weight is 497 g/mol. The van der Waals surface area contributed by atoms with Crippen LogP contribution in [-0.2, 0) is 9.53 Å². The van der Waals surface area contributed by atoms with Crippen LogP contribution in [0.4, 0.5) is 21.0 Å². The van der Waals surface area contributed by atoms with Crippen LogP contribution < -0.4 is 20.9 Å². The van der Waals surface area contributed by atoms with E-state index in [2.05, 4.69) is 20.9 Å². The highest BCUT2D eigenvalue weighted by Crippen LogP contribution is 2.28. The lowest BCUT2D eigenvalue weighted by atomic mass is 10.2. The van der Waals surface area contributed by atoms with E-state index < -0.39 is 0 Å².